The van der Waals surface area contributed by atoms with Crippen LogP contribution in [0.4, 0.5) is 5.82 Å². The first-order valence-corrected chi connectivity index (χ1v) is 12.5. The quantitative estimate of drug-likeness (QED) is 0.343. The van der Waals surface area contributed by atoms with Gasteiger partial charge in [0.1, 0.15) is 5.82 Å². The zero-order chi connectivity index (χ0) is 24.2. The molecule has 1 aliphatic heterocycles. The van der Waals surface area contributed by atoms with Gasteiger partial charge in [0.2, 0.25) is 5.91 Å². The van der Waals surface area contributed by atoms with Gasteiger partial charge in [-0.1, -0.05) is 90.5 Å². The van der Waals surface area contributed by atoms with E-state index in [0.29, 0.717) is 6.54 Å². The van der Waals surface area contributed by atoms with Crippen molar-refractivity contribution in [2.75, 3.05) is 11.9 Å². The molecule has 1 amide bonds. The van der Waals surface area contributed by atoms with E-state index in [-0.39, 0.29) is 11.9 Å². The van der Waals surface area contributed by atoms with Crippen LogP contribution < -0.4 is 5.32 Å². The normalized spacial score (nSPS) is 15.9. The van der Waals surface area contributed by atoms with E-state index in [1.165, 1.54) is 16.7 Å². The predicted molar refractivity (Wildman–Crippen MR) is 143 cm³/mol. The predicted octanol–water partition coefficient (Wildman–Crippen LogP) is 6.42. The van der Waals surface area contributed by atoms with Crippen LogP contribution in [0.1, 0.15) is 35.1 Å². The van der Waals surface area contributed by atoms with Gasteiger partial charge >= 0.3 is 0 Å². The van der Waals surface area contributed by atoms with Crippen LogP contribution in [0.25, 0.3) is 11.1 Å². The number of hydrogen-bond acceptors (Lipinski definition) is 2. The molecule has 35 heavy (non-hydrogen) atoms. The summed E-state index contributed by atoms with van der Waals surface area (Å²) in [4.78, 5) is 16.0. The highest BCUT2D eigenvalue weighted by Crippen LogP contribution is 2.35. The number of carbonyl (C=O) groups excluding carboxylic acids is 1. The van der Waals surface area contributed by atoms with Crippen molar-refractivity contribution < 1.29 is 4.79 Å². The second kappa shape index (κ2) is 10.3. The molecule has 4 aromatic rings. The van der Waals surface area contributed by atoms with Crippen molar-refractivity contribution in [3.05, 3.63) is 113 Å². The average molecular weight is 464 g/mol. The minimum Gasteiger partial charge on any atom is -0.329 e. The average Bonchev–Trinajstić information content (AvgIpc) is 3.45. The molecule has 1 aromatic heterocycles. The molecule has 1 aliphatic rings. The van der Waals surface area contributed by atoms with Crippen molar-refractivity contribution in [2.45, 2.75) is 45.8 Å². The molecule has 2 heterocycles. The van der Waals surface area contributed by atoms with Crippen LogP contribution in [0.5, 0.6) is 0 Å². The second-order valence-electron chi connectivity index (χ2n) is 9.62. The van der Waals surface area contributed by atoms with Gasteiger partial charge in [0.05, 0.1) is 6.04 Å². The van der Waals surface area contributed by atoms with Gasteiger partial charge in [0, 0.05) is 24.8 Å². The molecule has 0 spiro atoms. The van der Waals surface area contributed by atoms with Crippen molar-refractivity contribution in [1.29, 1.82) is 0 Å². The Balaban J connectivity index is 1.46. The molecule has 0 saturated carbocycles. The molecule has 178 valence electrons. The van der Waals surface area contributed by atoms with Gasteiger partial charge < -0.3 is 9.88 Å². The van der Waals surface area contributed by atoms with Gasteiger partial charge in [-0.3, -0.25) is 9.69 Å². The maximum Gasteiger partial charge on any atom is 0.242 e. The molecule has 0 radical (unpaired) electrons. The minimum absolute atomic E-state index is 0.0826. The summed E-state index contributed by atoms with van der Waals surface area (Å²) < 4.78 is 2.19. The van der Waals surface area contributed by atoms with Crippen LogP contribution in [0, 0.1) is 13.8 Å². The fraction of sp³-hybridized carbons (Fsp3) is 0.258. The Morgan fingerprint density at radius 2 is 1.49 bits per heavy atom. The van der Waals surface area contributed by atoms with Crippen LogP contribution in [0.15, 0.2) is 91.1 Å². The van der Waals surface area contributed by atoms with Crippen LogP contribution >= 0.6 is 0 Å². The number of aryl methyl sites for hydroxylation is 2. The van der Waals surface area contributed by atoms with Crippen LogP contribution in [0.3, 0.4) is 0 Å². The maximum atomic E-state index is 13.7. The van der Waals surface area contributed by atoms with Crippen molar-refractivity contribution >= 4 is 11.7 Å². The highest BCUT2D eigenvalue weighted by Gasteiger charge is 2.32. The van der Waals surface area contributed by atoms with Gasteiger partial charge in [-0.2, -0.15) is 0 Å². The van der Waals surface area contributed by atoms with Crippen LogP contribution in [0.2, 0.25) is 0 Å². The van der Waals surface area contributed by atoms with Gasteiger partial charge in [-0.05, 0) is 55.5 Å². The summed E-state index contributed by atoms with van der Waals surface area (Å²) in [6.45, 7) is 6.68. The lowest BCUT2D eigenvalue weighted by atomic mass is 10.0. The lowest BCUT2D eigenvalue weighted by Gasteiger charge is -2.24. The molecule has 1 unspecified atom stereocenters. The van der Waals surface area contributed by atoms with Crippen molar-refractivity contribution in [1.82, 2.24) is 9.47 Å². The lowest BCUT2D eigenvalue weighted by Crippen LogP contribution is -2.39. The molecule has 4 nitrogen and oxygen atoms in total. The van der Waals surface area contributed by atoms with Gasteiger partial charge in [0.15, 0.2) is 0 Å². The smallest absolute Gasteiger partial charge is 0.242 e. The van der Waals surface area contributed by atoms with E-state index in [9.17, 15) is 4.79 Å². The summed E-state index contributed by atoms with van der Waals surface area (Å²) in [7, 11) is 0. The highest BCUT2D eigenvalue weighted by molar-refractivity contribution is 5.98. The van der Waals surface area contributed by atoms with Crippen LogP contribution in [-0.4, -0.2) is 28.0 Å². The molecular formula is C31H33N3O. The number of benzene rings is 3. The molecule has 0 bridgehead atoms. The summed E-state index contributed by atoms with van der Waals surface area (Å²) in [6.07, 6.45) is 4.09. The molecule has 1 saturated heterocycles. The third-order valence-electron chi connectivity index (χ3n) is 6.94. The zero-order valence-corrected chi connectivity index (χ0v) is 20.6. The first-order valence-electron chi connectivity index (χ1n) is 12.5. The molecule has 1 fully saturated rings. The fourth-order valence-corrected chi connectivity index (χ4v) is 5.15. The van der Waals surface area contributed by atoms with E-state index in [4.69, 9.17) is 0 Å². The van der Waals surface area contributed by atoms with Gasteiger partial charge in [-0.25, -0.2) is 0 Å². The summed E-state index contributed by atoms with van der Waals surface area (Å²) in [5.41, 5.74) is 7.07. The number of hydrogen-bond donors (Lipinski definition) is 1. The Morgan fingerprint density at radius 1 is 0.857 bits per heavy atom. The zero-order valence-electron chi connectivity index (χ0n) is 20.6. The van der Waals surface area contributed by atoms with Gasteiger partial charge in [-0.15, -0.1) is 0 Å². The number of nitrogens with one attached hydrogen (secondary N) is 1. The maximum absolute atomic E-state index is 13.7. The number of carbonyl (C=O) groups is 1. The number of likely N-dealkylation sites (tertiary alicyclic amines) is 1. The SMILES string of the molecule is Cc1ccc(-c2c(C)cn(Cc3ccccc3)c2NC(=O)C2CCCN2Cc2ccccc2)cc1. The number of anilines is 1. The van der Waals surface area contributed by atoms with E-state index in [0.717, 1.165) is 48.4 Å². The largest absolute Gasteiger partial charge is 0.329 e. The summed E-state index contributed by atoms with van der Waals surface area (Å²) in [5.74, 6) is 0.964. The first-order chi connectivity index (χ1) is 17.1. The first kappa shape index (κ1) is 23.1. The van der Waals surface area contributed by atoms with E-state index in [2.05, 4.69) is 108 Å². The Morgan fingerprint density at radius 3 is 2.14 bits per heavy atom. The highest BCUT2D eigenvalue weighted by atomic mass is 16.2. The van der Waals surface area contributed by atoms with E-state index in [1.807, 2.05) is 12.1 Å². The third-order valence-corrected chi connectivity index (χ3v) is 6.94. The monoisotopic (exact) mass is 463 g/mol. The Labute approximate surface area is 208 Å². The second-order valence-corrected chi connectivity index (χ2v) is 9.62. The summed E-state index contributed by atoms with van der Waals surface area (Å²) >= 11 is 0. The third kappa shape index (κ3) is 5.23. The molecule has 3 aromatic carbocycles. The topological polar surface area (TPSA) is 37.3 Å². The molecule has 0 aliphatic carbocycles. The van der Waals surface area contributed by atoms with E-state index in [1.54, 1.807) is 0 Å². The molecular weight excluding hydrogens is 430 g/mol. The van der Waals surface area contributed by atoms with Crippen molar-refractivity contribution in [2.24, 2.45) is 0 Å². The van der Waals surface area contributed by atoms with E-state index >= 15 is 0 Å². The van der Waals surface area contributed by atoms with Crippen molar-refractivity contribution in [3.8, 4) is 11.1 Å². The molecule has 1 N–H and O–H groups in total. The summed E-state index contributed by atoms with van der Waals surface area (Å²) in [5, 5.41) is 3.37. The number of amides is 1. The summed E-state index contributed by atoms with van der Waals surface area (Å²) in [6, 6.07) is 29.3. The number of nitrogens with zero attached hydrogens (tertiary/aromatic N) is 2. The van der Waals surface area contributed by atoms with Crippen LogP contribution in [-0.2, 0) is 17.9 Å². The molecule has 5 rings (SSSR count). The molecule has 1 atom stereocenters. The Bertz CT molecular complexity index is 1280. The minimum atomic E-state index is -0.124. The number of rotatable bonds is 7. The van der Waals surface area contributed by atoms with E-state index < -0.39 is 0 Å². The standard InChI is InChI=1S/C31H33N3O/c1-23-15-17-27(18-16-23)29-24(2)20-34(22-26-12-7-4-8-13-26)30(29)32-31(35)28-14-9-19-33(28)21-25-10-5-3-6-11-25/h3-8,10-13,15-18,20,28H,9,14,19,21-22H2,1-2H3,(H,32,35). The van der Waals surface area contributed by atoms with Gasteiger partial charge in [0.25, 0.3) is 0 Å². The lowest BCUT2D eigenvalue weighted by molar-refractivity contribution is -0.120. The van der Waals surface area contributed by atoms with Crippen molar-refractivity contribution in [3.63, 3.8) is 0 Å². The molecule has 4 heteroatoms. The Hall–Kier alpha value is -3.63. The Kier molecular flexibility index (Phi) is 6.82. The fourth-order valence-electron chi connectivity index (χ4n) is 5.15. The number of aromatic nitrogens is 1.